The van der Waals surface area contributed by atoms with Gasteiger partial charge < -0.3 is 9.15 Å². The topological polar surface area (TPSA) is 72.6 Å². The van der Waals surface area contributed by atoms with E-state index in [1.54, 1.807) is 17.9 Å². The molecule has 0 bridgehead atoms. The molecule has 1 amide bonds. The van der Waals surface area contributed by atoms with Crippen molar-refractivity contribution in [2.75, 3.05) is 4.90 Å². The molecule has 2 aromatic carbocycles. The summed E-state index contributed by atoms with van der Waals surface area (Å²) >= 11 is 1.40. The smallest absolute Gasteiger partial charge is 0.336 e. The number of hydrogen-bond acceptors (Lipinski definition) is 6. The van der Waals surface area contributed by atoms with Crippen LogP contribution in [0.3, 0.4) is 0 Å². The van der Waals surface area contributed by atoms with E-state index in [0.29, 0.717) is 22.2 Å². The first kappa shape index (κ1) is 22.7. The highest BCUT2D eigenvalue weighted by Crippen LogP contribution is 2.34. The minimum absolute atomic E-state index is 0.0943. The number of ether oxygens (including phenoxy) is 1. The molecule has 0 saturated heterocycles. The SMILES string of the molecule is CCc1cc(=O)oc2cc(OCc3csc(N(C(C)=O)c4c(C)cc(C)cc4C)n3)ccc12. The van der Waals surface area contributed by atoms with E-state index in [4.69, 9.17) is 9.15 Å². The molecule has 33 heavy (non-hydrogen) atoms. The summed E-state index contributed by atoms with van der Waals surface area (Å²) in [7, 11) is 0. The summed E-state index contributed by atoms with van der Waals surface area (Å²) in [6.45, 7) is 9.83. The third-order valence-electron chi connectivity index (χ3n) is 5.47. The molecule has 0 unspecified atom stereocenters. The van der Waals surface area contributed by atoms with Crippen LogP contribution in [0.2, 0.25) is 0 Å². The quantitative estimate of drug-likeness (QED) is 0.329. The average molecular weight is 463 g/mol. The maximum absolute atomic E-state index is 12.6. The van der Waals surface area contributed by atoms with E-state index in [-0.39, 0.29) is 18.1 Å². The molecule has 4 rings (SSSR count). The van der Waals surface area contributed by atoms with E-state index in [1.807, 2.05) is 45.2 Å². The first-order chi connectivity index (χ1) is 15.8. The lowest BCUT2D eigenvalue weighted by Crippen LogP contribution is -2.24. The van der Waals surface area contributed by atoms with Crippen LogP contribution in [0.25, 0.3) is 11.0 Å². The van der Waals surface area contributed by atoms with Crippen molar-refractivity contribution < 1.29 is 13.9 Å². The molecule has 0 aliphatic carbocycles. The molecule has 6 nitrogen and oxygen atoms in total. The van der Waals surface area contributed by atoms with Crippen molar-refractivity contribution in [3.63, 3.8) is 0 Å². The van der Waals surface area contributed by atoms with Crippen LogP contribution in [0.15, 0.2) is 51.0 Å². The highest BCUT2D eigenvalue weighted by atomic mass is 32.1. The van der Waals surface area contributed by atoms with Gasteiger partial charge in [0.1, 0.15) is 17.9 Å². The highest BCUT2D eigenvalue weighted by Gasteiger charge is 2.22. The molecule has 2 aromatic heterocycles. The van der Waals surface area contributed by atoms with Crippen LogP contribution < -0.4 is 15.3 Å². The van der Waals surface area contributed by atoms with Crippen molar-refractivity contribution in [3.8, 4) is 5.75 Å². The minimum atomic E-state index is -0.369. The molecule has 170 valence electrons. The minimum Gasteiger partial charge on any atom is -0.487 e. The fourth-order valence-electron chi connectivity index (χ4n) is 4.13. The zero-order valence-electron chi connectivity index (χ0n) is 19.4. The summed E-state index contributed by atoms with van der Waals surface area (Å²) in [6, 6.07) is 11.1. The summed E-state index contributed by atoms with van der Waals surface area (Å²) in [4.78, 5) is 30.7. The molecule has 0 spiro atoms. The van der Waals surface area contributed by atoms with Crippen molar-refractivity contribution in [3.05, 3.63) is 80.1 Å². The van der Waals surface area contributed by atoms with Crippen molar-refractivity contribution in [2.24, 2.45) is 0 Å². The summed E-state index contributed by atoms with van der Waals surface area (Å²) < 4.78 is 11.3. The second-order valence-electron chi connectivity index (χ2n) is 8.11. The number of rotatable bonds is 6. The standard InChI is InChI=1S/C26H26N2O4S/c1-6-19-11-24(30)32-23-12-21(7-8-22(19)23)31-13-20-14-33-26(27-20)28(18(5)29)25-16(3)9-15(2)10-17(25)4/h7-12,14H,6,13H2,1-5H3. The van der Waals surface area contributed by atoms with Crippen molar-refractivity contribution in [1.82, 2.24) is 4.98 Å². The van der Waals surface area contributed by atoms with Gasteiger partial charge in [0, 0.05) is 29.8 Å². The molecule has 0 saturated carbocycles. The lowest BCUT2D eigenvalue weighted by molar-refractivity contribution is -0.115. The van der Waals surface area contributed by atoms with Crippen LogP contribution in [0.1, 0.15) is 41.8 Å². The van der Waals surface area contributed by atoms with Crippen molar-refractivity contribution in [1.29, 1.82) is 0 Å². The Hall–Kier alpha value is -3.45. The summed E-state index contributed by atoms with van der Waals surface area (Å²) in [5, 5.41) is 3.40. The predicted molar refractivity (Wildman–Crippen MR) is 132 cm³/mol. The number of benzene rings is 2. The van der Waals surface area contributed by atoms with Gasteiger partial charge in [0.05, 0.1) is 11.4 Å². The van der Waals surface area contributed by atoms with Gasteiger partial charge in [0.15, 0.2) is 5.13 Å². The molecule has 0 fully saturated rings. The Labute approximate surface area is 196 Å². The maximum Gasteiger partial charge on any atom is 0.336 e. The first-order valence-corrected chi connectivity index (χ1v) is 11.7. The maximum atomic E-state index is 12.6. The largest absolute Gasteiger partial charge is 0.487 e. The van der Waals surface area contributed by atoms with Crippen molar-refractivity contribution in [2.45, 2.75) is 47.6 Å². The van der Waals surface area contributed by atoms with Gasteiger partial charge in [-0.25, -0.2) is 9.78 Å². The normalized spacial score (nSPS) is 11.1. The number of fused-ring (bicyclic) bond motifs is 1. The van der Waals surface area contributed by atoms with Gasteiger partial charge in [-0.1, -0.05) is 24.6 Å². The van der Waals surface area contributed by atoms with E-state index in [2.05, 4.69) is 17.1 Å². The molecular formula is C26H26N2O4S. The van der Waals surface area contributed by atoms with E-state index in [0.717, 1.165) is 39.7 Å². The van der Waals surface area contributed by atoms with E-state index < -0.39 is 0 Å². The second-order valence-corrected chi connectivity index (χ2v) is 8.95. The number of nitrogens with zero attached hydrogens (tertiary/aromatic N) is 2. The van der Waals surface area contributed by atoms with Crippen molar-refractivity contribution >= 4 is 39.0 Å². The van der Waals surface area contributed by atoms with Gasteiger partial charge >= 0.3 is 5.63 Å². The van der Waals surface area contributed by atoms with Gasteiger partial charge in [-0.15, -0.1) is 11.3 Å². The zero-order chi connectivity index (χ0) is 23.7. The number of anilines is 2. The van der Waals surface area contributed by atoms with Crippen LogP contribution in [-0.4, -0.2) is 10.9 Å². The number of thiazole rings is 1. The molecule has 0 atom stereocenters. The molecule has 0 radical (unpaired) electrons. The molecular weight excluding hydrogens is 436 g/mol. The van der Waals surface area contributed by atoms with E-state index >= 15 is 0 Å². The Kier molecular flexibility index (Phi) is 6.33. The number of amides is 1. The number of aromatic nitrogens is 1. The monoisotopic (exact) mass is 462 g/mol. The zero-order valence-corrected chi connectivity index (χ0v) is 20.2. The van der Waals surface area contributed by atoms with E-state index in [1.165, 1.54) is 17.4 Å². The summed E-state index contributed by atoms with van der Waals surface area (Å²) in [5.41, 5.74) is 5.87. The summed E-state index contributed by atoms with van der Waals surface area (Å²) in [6.07, 6.45) is 0.747. The van der Waals surface area contributed by atoms with E-state index in [9.17, 15) is 9.59 Å². The first-order valence-electron chi connectivity index (χ1n) is 10.8. The number of aryl methyl sites for hydroxylation is 4. The van der Waals surface area contributed by atoms with Crippen LogP contribution in [0.5, 0.6) is 5.75 Å². The molecule has 4 aromatic rings. The Morgan fingerprint density at radius 2 is 1.85 bits per heavy atom. The fourth-order valence-corrected chi connectivity index (χ4v) is 4.99. The fraction of sp³-hybridized carbons (Fsp3) is 0.269. The second kappa shape index (κ2) is 9.19. The third kappa shape index (κ3) is 4.68. The number of carbonyl (C=O) groups is 1. The Balaban J connectivity index is 1.57. The Morgan fingerprint density at radius 1 is 1.12 bits per heavy atom. The van der Waals surface area contributed by atoms with Crippen LogP contribution in [0.4, 0.5) is 10.8 Å². The van der Waals surface area contributed by atoms with Gasteiger partial charge in [-0.2, -0.15) is 0 Å². The summed E-state index contributed by atoms with van der Waals surface area (Å²) in [5.74, 6) is 0.491. The Bertz CT molecular complexity index is 1380. The van der Waals surface area contributed by atoms with Crippen LogP contribution in [-0.2, 0) is 17.8 Å². The Morgan fingerprint density at radius 3 is 2.52 bits per heavy atom. The van der Waals surface area contributed by atoms with Crippen LogP contribution >= 0.6 is 11.3 Å². The molecule has 2 heterocycles. The van der Waals surface area contributed by atoms with Gasteiger partial charge in [-0.05, 0) is 56.0 Å². The average Bonchev–Trinajstić information content (AvgIpc) is 3.21. The van der Waals surface area contributed by atoms with Gasteiger partial charge in [0.25, 0.3) is 0 Å². The van der Waals surface area contributed by atoms with Crippen LogP contribution in [0, 0.1) is 20.8 Å². The predicted octanol–water partition coefficient (Wildman–Crippen LogP) is 6.00. The lowest BCUT2D eigenvalue weighted by Gasteiger charge is -2.23. The van der Waals surface area contributed by atoms with Gasteiger partial charge in [0.2, 0.25) is 5.91 Å². The molecule has 0 N–H and O–H groups in total. The molecule has 7 heteroatoms. The number of carbonyl (C=O) groups excluding carboxylic acids is 1. The highest BCUT2D eigenvalue weighted by molar-refractivity contribution is 7.14. The molecule has 0 aliphatic heterocycles. The van der Waals surface area contributed by atoms with Gasteiger partial charge in [-0.3, -0.25) is 9.69 Å². The third-order valence-corrected chi connectivity index (χ3v) is 6.35. The molecule has 0 aliphatic rings. The number of hydrogen-bond donors (Lipinski definition) is 0. The lowest BCUT2D eigenvalue weighted by atomic mass is 10.0.